The van der Waals surface area contributed by atoms with Gasteiger partial charge in [0.1, 0.15) is 28.9 Å². The third-order valence-corrected chi connectivity index (χ3v) is 5.77. The van der Waals surface area contributed by atoms with E-state index in [4.69, 9.17) is 11.5 Å². The van der Waals surface area contributed by atoms with Crippen LogP contribution in [-0.2, 0) is 6.54 Å². The molecular weight excluding hydrogens is 446 g/mol. The fourth-order valence-corrected chi connectivity index (χ4v) is 4.07. The highest BCUT2D eigenvalue weighted by atomic mass is 19.3. The van der Waals surface area contributed by atoms with E-state index >= 15 is 0 Å². The molecule has 1 aromatic heterocycles. The van der Waals surface area contributed by atoms with Crippen LogP contribution < -0.4 is 16.8 Å². The number of nitrogens with one attached hydrogen (secondary N) is 1. The van der Waals surface area contributed by atoms with Crippen molar-refractivity contribution in [3.63, 3.8) is 0 Å². The molecule has 0 spiro atoms. The second kappa shape index (κ2) is 8.75. The minimum atomic E-state index is -3.07. The molecule has 9 nitrogen and oxygen atoms in total. The van der Waals surface area contributed by atoms with Crippen LogP contribution in [-0.4, -0.2) is 57.7 Å². The van der Waals surface area contributed by atoms with Gasteiger partial charge in [-0.2, -0.15) is 5.10 Å². The number of primary amides is 1. The van der Waals surface area contributed by atoms with Gasteiger partial charge in [0.2, 0.25) is 0 Å². The molecule has 1 fully saturated rings. The number of rotatable bonds is 6. The van der Waals surface area contributed by atoms with Crippen molar-refractivity contribution < 1.29 is 23.5 Å². The molecular formula is C23H24F2N6O3. The van der Waals surface area contributed by atoms with Crippen LogP contribution in [0.5, 0.6) is 5.75 Å². The second-order valence-corrected chi connectivity index (χ2v) is 8.29. The third-order valence-electron chi connectivity index (χ3n) is 5.77. The average molecular weight is 470 g/mol. The number of para-hydroxylation sites is 1. The smallest absolute Gasteiger partial charge is 0.283 e. The molecule has 2 aromatic carbocycles. The monoisotopic (exact) mass is 470 g/mol. The number of alkyl halides is 2. The Labute approximate surface area is 194 Å². The minimum absolute atomic E-state index is 0.0200. The first-order chi connectivity index (χ1) is 16.1. The largest absolute Gasteiger partial charge is 0.507 e. The van der Waals surface area contributed by atoms with Gasteiger partial charge in [-0.05, 0) is 24.7 Å². The maximum absolute atomic E-state index is 14.5. The van der Waals surface area contributed by atoms with E-state index < -0.39 is 30.3 Å². The van der Waals surface area contributed by atoms with Gasteiger partial charge in [0.05, 0.1) is 12.1 Å². The highest BCUT2D eigenvalue weighted by molar-refractivity contribution is 6.03. The molecule has 4 rings (SSSR count). The van der Waals surface area contributed by atoms with Crippen molar-refractivity contribution in [1.29, 1.82) is 0 Å². The Morgan fingerprint density at radius 2 is 1.88 bits per heavy atom. The molecule has 0 bridgehead atoms. The van der Waals surface area contributed by atoms with Gasteiger partial charge in [-0.3, -0.25) is 14.5 Å². The predicted molar refractivity (Wildman–Crippen MR) is 121 cm³/mol. The van der Waals surface area contributed by atoms with Crippen molar-refractivity contribution in [3.8, 4) is 17.0 Å². The van der Waals surface area contributed by atoms with E-state index in [0.29, 0.717) is 5.56 Å². The summed E-state index contributed by atoms with van der Waals surface area (Å²) in [4.78, 5) is 25.8. The van der Waals surface area contributed by atoms with Crippen molar-refractivity contribution in [2.24, 2.45) is 5.73 Å². The molecule has 178 valence electrons. The fraction of sp³-hybridized carbons (Fsp3) is 0.261. The van der Waals surface area contributed by atoms with E-state index in [-0.39, 0.29) is 41.5 Å². The summed E-state index contributed by atoms with van der Waals surface area (Å²) in [6, 6.07) is 11.5. The van der Waals surface area contributed by atoms with Crippen LogP contribution in [0.25, 0.3) is 11.3 Å². The van der Waals surface area contributed by atoms with Crippen LogP contribution in [0.3, 0.4) is 0 Å². The molecule has 11 heteroatoms. The average Bonchev–Trinajstić information content (AvgIpc) is 3.26. The number of phenols is 1. The molecule has 2 heterocycles. The van der Waals surface area contributed by atoms with Crippen LogP contribution in [0.15, 0.2) is 48.5 Å². The normalized spacial score (nSPS) is 17.6. The van der Waals surface area contributed by atoms with Gasteiger partial charge in [0.15, 0.2) is 0 Å². The lowest BCUT2D eigenvalue weighted by Crippen LogP contribution is -2.31. The van der Waals surface area contributed by atoms with Gasteiger partial charge in [-0.25, -0.2) is 13.5 Å². The molecule has 6 N–H and O–H groups in total. The highest BCUT2D eigenvalue weighted by Gasteiger charge is 2.49. The number of aromatic hydroxyl groups is 1. The Kier molecular flexibility index (Phi) is 5.96. The molecule has 1 unspecified atom stereocenters. The SMILES string of the molecule is CN1CC(n2nc(-c3ccc(CNC(=O)c4ccccc4O)cc3)c(C(N)=O)c2N)C(F)(F)C1. The predicted octanol–water partition coefficient (Wildman–Crippen LogP) is 1.99. The number of nitrogen functional groups attached to an aromatic ring is 1. The molecule has 34 heavy (non-hydrogen) atoms. The Morgan fingerprint density at radius 1 is 1.21 bits per heavy atom. The lowest BCUT2D eigenvalue weighted by molar-refractivity contribution is -0.0232. The van der Waals surface area contributed by atoms with Crippen LogP contribution in [0, 0.1) is 0 Å². The summed E-state index contributed by atoms with van der Waals surface area (Å²) in [6.07, 6.45) is 0. The van der Waals surface area contributed by atoms with Gasteiger partial charge < -0.3 is 21.9 Å². The summed E-state index contributed by atoms with van der Waals surface area (Å²) in [5.41, 5.74) is 12.9. The van der Waals surface area contributed by atoms with Gasteiger partial charge in [-0.15, -0.1) is 0 Å². The second-order valence-electron chi connectivity index (χ2n) is 8.29. The van der Waals surface area contributed by atoms with Crippen molar-refractivity contribution in [2.75, 3.05) is 25.9 Å². The molecule has 0 radical (unpaired) electrons. The van der Waals surface area contributed by atoms with E-state index in [0.717, 1.165) is 10.2 Å². The number of carbonyl (C=O) groups excluding carboxylic acids is 2. The number of nitrogens with zero attached hydrogens (tertiary/aromatic N) is 3. The first-order valence-electron chi connectivity index (χ1n) is 10.5. The lowest BCUT2D eigenvalue weighted by atomic mass is 10.0. The van der Waals surface area contributed by atoms with E-state index in [2.05, 4.69) is 10.4 Å². The first kappa shape index (κ1) is 23.2. The van der Waals surface area contributed by atoms with E-state index in [9.17, 15) is 23.5 Å². The van der Waals surface area contributed by atoms with Gasteiger partial charge in [0, 0.05) is 18.7 Å². The van der Waals surface area contributed by atoms with E-state index in [1.54, 1.807) is 43.4 Å². The van der Waals surface area contributed by atoms with Crippen molar-refractivity contribution >= 4 is 17.6 Å². The van der Waals surface area contributed by atoms with E-state index in [1.165, 1.54) is 17.0 Å². The molecule has 1 atom stereocenters. The Balaban J connectivity index is 1.57. The summed E-state index contributed by atoms with van der Waals surface area (Å²) < 4.78 is 30.0. The van der Waals surface area contributed by atoms with Crippen molar-refractivity contribution in [3.05, 3.63) is 65.2 Å². The van der Waals surface area contributed by atoms with Gasteiger partial charge >= 0.3 is 0 Å². The molecule has 1 aliphatic heterocycles. The Hall–Kier alpha value is -3.99. The van der Waals surface area contributed by atoms with E-state index in [1.807, 2.05) is 0 Å². The van der Waals surface area contributed by atoms with Gasteiger partial charge in [0.25, 0.3) is 17.7 Å². The van der Waals surface area contributed by atoms with Crippen LogP contribution in [0.1, 0.15) is 32.3 Å². The van der Waals surface area contributed by atoms with Crippen LogP contribution in [0.4, 0.5) is 14.6 Å². The number of anilines is 1. The lowest BCUT2D eigenvalue weighted by Gasteiger charge is -2.19. The summed E-state index contributed by atoms with van der Waals surface area (Å²) in [5, 5.41) is 16.8. The standard InChI is InChI=1S/C23H24F2N6O3/c1-30-11-17(23(24,25)12-30)31-20(26)18(21(27)33)19(29-31)14-8-6-13(7-9-14)10-28-22(34)15-4-2-3-5-16(15)32/h2-9,17,32H,10-12,26H2,1H3,(H2,27,33)(H,28,34). The number of aromatic nitrogens is 2. The first-order valence-corrected chi connectivity index (χ1v) is 10.5. The quantitative estimate of drug-likeness (QED) is 0.435. The molecule has 0 aliphatic carbocycles. The number of carbonyl (C=O) groups is 2. The molecule has 1 aliphatic rings. The number of hydrogen-bond acceptors (Lipinski definition) is 6. The summed E-state index contributed by atoms with van der Waals surface area (Å²) in [5.74, 6) is -4.71. The Bertz CT molecular complexity index is 1240. The third kappa shape index (κ3) is 4.29. The number of benzene rings is 2. The minimum Gasteiger partial charge on any atom is -0.507 e. The topological polar surface area (TPSA) is 140 Å². The number of nitrogens with two attached hydrogens (primary N) is 2. The maximum atomic E-state index is 14.5. The van der Waals surface area contributed by atoms with Gasteiger partial charge in [-0.1, -0.05) is 36.4 Å². The number of phenolic OH excluding ortho intramolecular Hbond substituents is 1. The zero-order chi connectivity index (χ0) is 24.6. The van der Waals surface area contributed by atoms with Crippen molar-refractivity contribution in [2.45, 2.75) is 18.5 Å². The molecule has 1 saturated heterocycles. The summed E-state index contributed by atoms with van der Waals surface area (Å²) in [6.45, 7) is -0.251. The maximum Gasteiger partial charge on any atom is 0.283 e. The van der Waals surface area contributed by atoms with Crippen molar-refractivity contribution in [1.82, 2.24) is 20.0 Å². The number of halogens is 2. The number of hydrogen-bond donors (Lipinski definition) is 4. The number of likely N-dealkylation sites (tertiary alicyclic amines) is 1. The van der Waals surface area contributed by atoms with Crippen LogP contribution >= 0.6 is 0 Å². The Morgan fingerprint density at radius 3 is 2.47 bits per heavy atom. The summed E-state index contributed by atoms with van der Waals surface area (Å²) >= 11 is 0. The highest BCUT2D eigenvalue weighted by Crippen LogP contribution is 2.39. The zero-order valence-electron chi connectivity index (χ0n) is 18.3. The molecule has 0 saturated carbocycles. The zero-order valence-corrected chi connectivity index (χ0v) is 18.3. The fourth-order valence-electron chi connectivity index (χ4n) is 4.07. The van der Waals surface area contributed by atoms with Crippen LogP contribution in [0.2, 0.25) is 0 Å². The number of likely N-dealkylation sites (N-methyl/N-ethyl adjacent to an activating group) is 1. The molecule has 3 aromatic rings. The molecule has 2 amide bonds. The number of amides is 2. The summed E-state index contributed by atoms with van der Waals surface area (Å²) in [7, 11) is 1.57.